The average molecular weight is 426 g/mol. The molecule has 0 heterocycles. The Hall–Kier alpha value is -1.57. The number of ether oxygens (including phenoxy) is 2. The molecular formula is C22H39NO5Si. The molecule has 0 radical (unpaired) electrons. The van der Waals surface area contributed by atoms with Crippen molar-refractivity contribution in [1.29, 1.82) is 0 Å². The molecule has 0 bridgehead atoms. The van der Waals surface area contributed by atoms with Gasteiger partial charge in [0.1, 0.15) is 17.6 Å². The molecule has 0 saturated carbocycles. The third-order valence-corrected chi connectivity index (χ3v) is 11.8. The van der Waals surface area contributed by atoms with Gasteiger partial charge < -0.3 is 13.9 Å². The maximum absolute atomic E-state index is 12.8. The molecular weight excluding hydrogens is 386 g/mol. The van der Waals surface area contributed by atoms with Crippen LogP contribution in [0.4, 0.5) is 0 Å². The minimum absolute atomic E-state index is 0.237. The van der Waals surface area contributed by atoms with Gasteiger partial charge in [0.25, 0.3) is 5.91 Å². The Bertz CT molecular complexity index is 626. The molecule has 0 fully saturated rings. The van der Waals surface area contributed by atoms with Crippen LogP contribution in [-0.2, 0) is 20.5 Å². The van der Waals surface area contributed by atoms with Gasteiger partial charge in [0, 0.05) is 6.07 Å². The molecule has 1 amide bonds. The molecule has 1 aromatic carbocycles. The number of rotatable bonds is 12. The van der Waals surface area contributed by atoms with Gasteiger partial charge in [0.05, 0.1) is 21.3 Å². The standard InChI is InChI=1S/C22H39NO5Si/c1-15(2)29(16(3)4,17(5)6)28-20(22(24)23-27-9)13-11-18-10-12-19(25-7)14-21(18)26-8/h10,12,14-17,20H,11,13H2,1-9H3,(H,23,24)/t20-/m1/s1. The van der Waals surface area contributed by atoms with Gasteiger partial charge in [0.15, 0.2) is 0 Å². The number of carbonyl (C=O) groups is 1. The summed E-state index contributed by atoms with van der Waals surface area (Å²) in [4.78, 5) is 17.7. The summed E-state index contributed by atoms with van der Waals surface area (Å²) in [6.45, 7) is 13.3. The van der Waals surface area contributed by atoms with Crippen LogP contribution in [-0.4, -0.2) is 41.7 Å². The van der Waals surface area contributed by atoms with E-state index >= 15 is 0 Å². The molecule has 29 heavy (non-hydrogen) atoms. The number of benzene rings is 1. The van der Waals surface area contributed by atoms with Crippen LogP contribution in [0.15, 0.2) is 18.2 Å². The Balaban J connectivity index is 3.15. The normalized spacial score (nSPS) is 13.1. The number of carbonyl (C=O) groups excluding carboxylic acids is 1. The summed E-state index contributed by atoms with van der Waals surface area (Å²) in [5, 5.41) is 0. The summed E-state index contributed by atoms with van der Waals surface area (Å²) in [6.07, 6.45) is 0.604. The third-order valence-electron chi connectivity index (χ3n) is 5.72. The fourth-order valence-corrected chi connectivity index (χ4v) is 9.94. The van der Waals surface area contributed by atoms with Crippen molar-refractivity contribution in [2.75, 3.05) is 21.3 Å². The zero-order valence-electron chi connectivity index (χ0n) is 19.5. The fraction of sp³-hybridized carbons (Fsp3) is 0.682. The molecule has 0 spiro atoms. The Morgan fingerprint density at radius 2 is 1.55 bits per heavy atom. The van der Waals surface area contributed by atoms with Crippen molar-refractivity contribution in [3.05, 3.63) is 23.8 Å². The van der Waals surface area contributed by atoms with E-state index in [-0.39, 0.29) is 5.91 Å². The number of amides is 1. The summed E-state index contributed by atoms with van der Waals surface area (Å²) in [5.74, 6) is 1.25. The number of hydrogen-bond donors (Lipinski definition) is 1. The molecule has 1 aromatic rings. The Morgan fingerprint density at radius 3 is 2.00 bits per heavy atom. The van der Waals surface area contributed by atoms with Gasteiger partial charge in [-0.15, -0.1) is 0 Å². The lowest BCUT2D eigenvalue weighted by Crippen LogP contribution is -2.53. The van der Waals surface area contributed by atoms with E-state index in [1.807, 2.05) is 18.2 Å². The predicted molar refractivity (Wildman–Crippen MR) is 119 cm³/mol. The summed E-state index contributed by atoms with van der Waals surface area (Å²) in [5.41, 5.74) is 4.64. The number of nitrogens with one attached hydrogen (secondary N) is 1. The molecule has 0 unspecified atom stereocenters. The van der Waals surface area contributed by atoms with Crippen molar-refractivity contribution in [2.45, 2.75) is 77.1 Å². The number of methoxy groups -OCH3 is 2. The van der Waals surface area contributed by atoms with Gasteiger partial charge in [-0.1, -0.05) is 47.6 Å². The second kappa shape index (κ2) is 11.6. The third kappa shape index (κ3) is 6.20. The van der Waals surface area contributed by atoms with Crippen LogP contribution in [0.5, 0.6) is 11.5 Å². The SMILES string of the molecule is CONC(=O)[C@@H](CCc1ccc(OC)cc1OC)O[Si](C(C)C)(C(C)C)C(C)C. The molecule has 0 aliphatic rings. The second-order valence-electron chi connectivity index (χ2n) is 8.31. The van der Waals surface area contributed by atoms with E-state index in [1.165, 1.54) is 7.11 Å². The molecule has 6 nitrogen and oxygen atoms in total. The minimum atomic E-state index is -2.22. The molecule has 1 atom stereocenters. The topological polar surface area (TPSA) is 66.0 Å². The highest BCUT2D eigenvalue weighted by Gasteiger charge is 2.47. The average Bonchev–Trinajstić information content (AvgIpc) is 2.67. The lowest BCUT2D eigenvalue weighted by molar-refractivity contribution is -0.139. The first-order chi connectivity index (χ1) is 13.6. The summed E-state index contributed by atoms with van der Waals surface area (Å²) >= 11 is 0. The molecule has 1 rings (SSSR count). The molecule has 1 N–H and O–H groups in total. The van der Waals surface area contributed by atoms with Crippen LogP contribution < -0.4 is 15.0 Å². The van der Waals surface area contributed by atoms with Crippen LogP contribution in [0.2, 0.25) is 16.6 Å². The summed E-state index contributed by atoms with van der Waals surface area (Å²) in [6, 6.07) is 5.73. The quantitative estimate of drug-likeness (QED) is 0.382. The highest BCUT2D eigenvalue weighted by molar-refractivity contribution is 6.77. The van der Waals surface area contributed by atoms with Crippen LogP contribution in [0, 0.1) is 0 Å². The molecule has 0 aromatic heterocycles. The van der Waals surface area contributed by atoms with E-state index in [0.29, 0.717) is 29.5 Å². The van der Waals surface area contributed by atoms with Crippen LogP contribution in [0.1, 0.15) is 53.5 Å². The van der Waals surface area contributed by atoms with E-state index in [2.05, 4.69) is 47.0 Å². The maximum Gasteiger partial charge on any atom is 0.271 e. The van der Waals surface area contributed by atoms with E-state index in [0.717, 1.165) is 17.1 Å². The van der Waals surface area contributed by atoms with Crippen LogP contribution in [0.25, 0.3) is 0 Å². The van der Waals surface area contributed by atoms with Gasteiger partial charge in [-0.3, -0.25) is 9.63 Å². The largest absolute Gasteiger partial charge is 0.497 e. The van der Waals surface area contributed by atoms with Gasteiger partial charge in [-0.05, 0) is 41.1 Å². The van der Waals surface area contributed by atoms with E-state index in [9.17, 15) is 4.79 Å². The van der Waals surface area contributed by atoms with Crippen molar-refractivity contribution in [3.8, 4) is 11.5 Å². The summed E-state index contributed by atoms with van der Waals surface area (Å²) in [7, 11) is 2.48. The first kappa shape index (κ1) is 25.5. The summed E-state index contributed by atoms with van der Waals surface area (Å²) < 4.78 is 17.5. The minimum Gasteiger partial charge on any atom is -0.497 e. The molecule has 0 aliphatic carbocycles. The highest BCUT2D eigenvalue weighted by Crippen LogP contribution is 2.43. The van der Waals surface area contributed by atoms with Crippen molar-refractivity contribution in [1.82, 2.24) is 5.48 Å². The van der Waals surface area contributed by atoms with E-state index in [4.69, 9.17) is 18.7 Å². The Kier molecular flexibility index (Phi) is 10.2. The van der Waals surface area contributed by atoms with Crippen molar-refractivity contribution in [2.24, 2.45) is 0 Å². The Morgan fingerprint density at radius 1 is 0.966 bits per heavy atom. The maximum atomic E-state index is 12.8. The Labute approximate surface area is 177 Å². The molecule has 0 aliphatic heterocycles. The smallest absolute Gasteiger partial charge is 0.271 e. The lowest BCUT2D eigenvalue weighted by atomic mass is 10.1. The monoisotopic (exact) mass is 425 g/mol. The second-order valence-corrected chi connectivity index (χ2v) is 13.7. The number of hydrogen-bond acceptors (Lipinski definition) is 5. The van der Waals surface area contributed by atoms with Crippen molar-refractivity contribution in [3.63, 3.8) is 0 Å². The van der Waals surface area contributed by atoms with Gasteiger partial charge in [0.2, 0.25) is 8.32 Å². The molecule has 0 saturated heterocycles. The molecule has 166 valence electrons. The van der Waals surface area contributed by atoms with Gasteiger partial charge in [-0.25, -0.2) is 5.48 Å². The number of aryl methyl sites for hydroxylation is 1. The van der Waals surface area contributed by atoms with Crippen molar-refractivity contribution >= 4 is 14.2 Å². The van der Waals surface area contributed by atoms with Gasteiger partial charge in [-0.2, -0.15) is 0 Å². The fourth-order valence-electron chi connectivity index (χ4n) is 4.41. The predicted octanol–water partition coefficient (Wildman–Crippen LogP) is 4.87. The van der Waals surface area contributed by atoms with E-state index < -0.39 is 14.4 Å². The highest BCUT2D eigenvalue weighted by atomic mass is 28.4. The van der Waals surface area contributed by atoms with Crippen LogP contribution in [0.3, 0.4) is 0 Å². The number of hydroxylamine groups is 1. The first-order valence-electron chi connectivity index (χ1n) is 10.3. The van der Waals surface area contributed by atoms with Crippen LogP contribution >= 0.6 is 0 Å². The van der Waals surface area contributed by atoms with Crippen molar-refractivity contribution < 1.29 is 23.5 Å². The zero-order chi connectivity index (χ0) is 22.2. The van der Waals surface area contributed by atoms with E-state index in [1.54, 1.807) is 14.2 Å². The lowest BCUT2D eigenvalue weighted by Gasteiger charge is -2.44. The van der Waals surface area contributed by atoms with Gasteiger partial charge >= 0.3 is 0 Å². The molecule has 7 heteroatoms. The first-order valence-corrected chi connectivity index (χ1v) is 12.5. The zero-order valence-corrected chi connectivity index (χ0v) is 20.5.